The van der Waals surface area contributed by atoms with E-state index in [2.05, 4.69) is 15.3 Å². The van der Waals surface area contributed by atoms with E-state index >= 15 is 0 Å². The molecule has 2 aromatic heterocycles. The summed E-state index contributed by atoms with van der Waals surface area (Å²) in [5.74, 6) is -0.610. The van der Waals surface area contributed by atoms with Crippen molar-refractivity contribution in [3.63, 3.8) is 0 Å². The van der Waals surface area contributed by atoms with Crippen LogP contribution in [-0.4, -0.2) is 32.2 Å². The van der Waals surface area contributed by atoms with Crippen LogP contribution < -0.4 is 5.32 Å². The first-order valence-corrected chi connectivity index (χ1v) is 8.40. The molecule has 0 saturated heterocycles. The van der Waals surface area contributed by atoms with Gasteiger partial charge < -0.3 is 19.2 Å². The maximum Gasteiger partial charge on any atom is 0.340 e. The van der Waals surface area contributed by atoms with Gasteiger partial charge in [0.25, 0.3) is 0 Å². The molecule has 0 aliphatic heterocycles. The van der Waals surface area contributed by atoms with Crippen molar-refractivity contribution in [3.8, 4) is 0 Å². The highest BCUT2D eigenvalue weighted by atomic mass is 35.5. The summed E-state index contributed by atoms with van der Waals surface area (Å²) in [5, 5.41) is 3.16. The Kier molecular flexibility index (Phi) is 4.00. The van der Waals surface area contributed by atoms with Crippen LogP contribution in [0.15, 0.2) is 30.6 Å². The maximum atomic E-state index is 14.1. The first kappa shape index (κ1) is 17.3. The lowest BCUT2D eigenvalue weighted by Gasteiger charge is -2.09. The van der Waals surface area contributed by atoms with Gasteiger partial charge in [-0.3, -0.25) is 0 Å². The number of benzene rings is 2. The summed E-state index contributed by atoms with van der Waals surface area (Å²) in [5.41, 5.74) is 2.94. The predicted octanol–water partition coefficient (Wildman–Crippen LogP) is 3.78. The van der Waals surface area contributed by atoms with E-state index < -0.39 is 11.8 Å². The van der Waals surface area contributed by atoms with Crippen molar-refractivity contribution >= 4 is 51.3 Å². The molecular formula is C18H15ClFN5O2. The fraction of sp³-hybridized carbons (Fsp3) is 0.167. The fourth-order valence-electron chi connectivity index (χ4n) is 3.13. The molecule has 2 aromatic carbocycles. The molecular weight excluding hydrogens is 373 g/mol. The molecule has 0 fully saturated rings. The summed E-state index contributed by atoms with van der Waals surface area (Å²) in [6.07, 6.45) is 1.62. The summed E-state index contributed by atoms with van der Waals surface area (Å²) in [6.45, 7) is 0. The van der Waals surface area contributed by atoms with Crippen LogP contribution in [0.3, 0.4) is 0 Å². The molecule has 0 aliphatic carbocycles. The molecule has 2 heterocycles. The Morgan fingerprint density at radius 3 is 2.78 bits per heavy atom. The quantitative estimate of drug-likeness (QED) is 0.541. The molecule has 27 heavy (non-hydrogen) atoms. The Labute approximate surface area is 158 Å². The van der Waals surface area contributed by atoms with Crippen LogP contribution in [0.1, 0.15) is 10.4 Å². The number of rotatable bonds is 3. The zero-order chi connectivity index (χ0) is 19.3. The van der Waals surface area contributed by atoms with Gasteiger partial charge in [-0.1, -0.05) is 17.7 Å². The Bertz CT molecular complexity index is 1190. The predicted molar refractivity (Wildman–Crippen MR) is 101 cm³/mol. The van der Waals surface area contributed by atoms with E-state index in [1.807, 2.05) is 0 Å². The third-order valence-corrected chi connectivity index (χ3v) is 4.74. The van der Waals surface area contributed by atoms with Gasteiger partial charge in [-0.05, 0) is 18.2 Å². The molecule has 4 aromatic rings. The van der Waals surface area contributed by atoms with Gasteiger partial charge in [0.15, 0.2) is 0 Å². The standard InChI is InChI=1S/C18H15ClFN5O2/c1-24-8-21-14-15(24)9(17(26)27-3)7-12-16(14)25(2)18(22-12)23-13-10(19)5-4-6-11(13)20/h4-8H,1-3H3,(H,22,23). The van der Waals surface area contributed by atoms with Crippen LogP contribution in [0, 0.1) is 5.82 Å². The van der Waals surface area contributed by atoms with Crippen molar-refractivity contribution in [2.75, 3.05) is 12.4 Å². The van der Waals surface area contributed by atoms with Crippen molar-refractivity contribution in [2.45, 2.75) is 0 Å². The summed E-state index contributed by atoms with van der Waals surface area (Å²) in [4.78, 5) is 21.1. The molecule has 0 atom stereocenters. The van der Waals surface area contributed by atoms with E-state index in [1.165, 1.54) is 19.2 Å². The van der Waals surface area contributed by atoms with Crippen LogP contribution >= 0.6 is 11.6 Å². The van der Waals surface area contributed by atoms with Gasteiger partial charge in [-0.25, -0.2) is 19.2 Å². The van der Waals surface area contributed by atoms with Crippen LogP contribution in [0.4, 0.5) is 16.0 Å². The summed E-state index contributed by atoms with van der Waals surface area (Å²) >= 11 is 6.10. The number of para-hydroxylation sites is 1. The number of carbonyl (C=O) groups is 1. The molecule has 0 spiro atoms. The summed E-state index contributed by atoms with van der Waals surface area (Å²) in [7, 11) is 4.89. The van der Waals surface area contributed by atoms with E-state index in [0.717, 1.165) is 0 Å². The zero-order valence-electron chi connectivity index (χ0n) is 14.7. The number of aryl methyl sites for hydroxylation is 2. The number of anilines is 2. The molecule has 1 N–H and O–H groups in total. The third kappa shape index (κ3) is 2.60. The minimum Gasteiger partial charge on any atom is -0.465 e. The van der Waals surface area contributed by atoms with Gasteiger partial charge in [0.2, 0.25) is 5.95 Å². The number of aromatic nitrogens is 4. The second-order valence-electron chi connectivity index (χ2n) is 6.05. The van der Waals surface area contributed by atoms with Crippen molar-refractivity contribution in [2.24, 2.45) is 14.1 Å². The van der Waals surface area contributed by atoms with Crippen molar-refractivity contribution in [3.05, 3.63) is 47.0 Å². The second kappa shape index (κ2) is 6.24. The highest BCUT2D eigenvalue weighted by Gasteiger charge is 2.22. The van der Waals surface area contributed by atoms with Gasteiger partial charge in [-0.2, -0.15) is 0 Å². The Balaban J connectivity index is 1.97. The molecule has 0 amide bonds. The minimum absolute atomic E-state index is 0.128. The van der Waals surface area contributed by atoms with Gasteiger partial charge >= 0.3 is 5.97 Å². The average molecular weight is 388 g/mol. The van der Waals surface area contributed by atoms with E-state index in [-0.39, 0.29) is 10.7 Å². The number of esters is 1. The highest BCUT2D eigenvalue weighted by Crippen LogP contribution is 2.33. The smallest absolute Gasteiger partial charge is 0.340 e. The highest BCUT2D eigenvalue weighted by molar-refractivity contribution is 6.33. The topological polar surface area (TPSA) is 74.0 Å². The molecule has 0 unspecified atom stereocenters. The van der Waals surface area contributed by atoms with E-state index in [4.69, 9.17) is 16.3 Å². The molecule has 0 saturated carbocycles. The summed E-state index contributed by atoms with van der Waals surface area (Å²) < 4.78 is 22.5. The number of halogens is 2. The van der Waals surface area contributed by atoms with Crippen molar-refractivity contribution < 1.29 is 13.9 Å². The number of ether oxygens (including phenoxy) is 1. The van der Waals surface area contributed by atoms with Gasteiger partial charge in [0.1, 0.15) is 11.3 Å². The molecule has 0 aliphatic rings. The van der Waals surface area contributed by atoms with Gasteiger partial charge in [-0.15, -0.1) is 0 Å². The first-order valence-electron chi connectivity index (χ1n) is 8.02. The first-order chi connectivity index (χ1) is 12.9. The second-order valence-corrected chi connectivity index (χ2v) is 6.46. The number of hydrogen-bond acceptors (Lipinski definition) is 5. The van der Waals surface area contributed by atoms with Gasteiger partial charge in [0.05, 0.1) is 46.3 Å². The Morgan fingerprint density at radius 2 is 2.07 bits per heavy atom. The lowest BCUT2D eigenvalue weighted by molar-refractivity contribution is 0.0602. The van der Waals surface area contributed by atoms with E-state index in [9.17, 15) is 9.18 Å². The SMILES string of the molecule is COC(=O)c1cc2nc(Nc3c(F)cccc3Cl)n(C)c2c2ncn(C)c12. The monoisotopic (exact) mass is 387 g/mol. The minimum atomic E-state index is -0.493. The molecule has 138 valence electrons. The van der Waals surface area contributed by atoms with Crippen molar-refractivity contribution in [1.82, 2.24) is 19.1 Å². The summed E-state index contributed by atoms with van der Waals surface area (Å²) in [6, 6.07) is 6.06. The third-order valence-electron chi connectivity index (χ3n) is 4.42. The number of imidazole rings is 2. The molecule has 7 nitrogen and oxygen atoms in total. The lowest BCUT2D eigenvalue weighted by atomic mass is 10.1. The number of nitrogens with zero attached hydrogens (tertiary/aromatic N) is 4. The van der Waals surface area contributed by atoms with Crippen LogP contribution in [0.2, 0.25) is 5.02 Å². The van der Waals surface area contributed by atoms with Crippen molar-refractivity contribution in [1.29, 1.82) is 0 Å². The molecule has 0 radical (unpaired) electrons. The van der Waals surface area contributed by atoms with E-state index in [0.29, 0.717) is 33.6 Å². The Morgan fingerprint density at radius 1 is 1.30 bits per heavy atom. The lowest BCUT2D eigenvalue weighted by Crippen LogP contribution is -2.05. The molecule has 9 heteroatoms. The number of methoxy groups -OCH3 is 1. The fourth-order valence-corrected chi connectivity index (χ4v) is 3.34. The van der Waals surface area contributed by atoms with Gasteiger partial charge in [0, 0.05) is 14.1 Å². The number of carbonyl (C=O) groups excluding carboxylic acids is 1. The normalized spacial score (nSPS) is 11.3. The van der Waals surface area contributed by atoms with Crippen LogP contribution in [-0.2, 0) is 18.8 Å². The number of nitrogens with one attached hydrogen (secondary N) is 1. The van der Waals surface area contributed by atoms with Crippen LogP contribution in [0.5, 0.6) is 0 Å². The average Bonchev–Trinajstić information content (AvgIpc) is 3.17. The number of hydrogen-bond donors (Lipinski definition) is 1. The number of fused-ring (bicyclic) bond motifs is 3. The largest absolute Gasteiger partial charge is 0.465 e. The molecule has 4 rings (SSSR count). The zero-order valence-corrected chi connectivity index (χ0v) is 15.5. The maximum absolute atomic E-state index is 14.1. The van der Waals surface area contributed by atoms with E-state index in [1.54, 1.807) is 41.7 Å². The van der Waals surface area contributed by atoms with Crippen LogP contribution in [0.25, 0.3) is 22.1 Å². The molecule has 0 bridgehead atoms. The Hall–Kier alpha value is -3.13.